The van der Waals surface area contributed by atoms with Gasteiger partial charge < -0.3 is 10.2 Å². The van der Waals surface area contributed by atoms with Gasteiger partial charge in [-0.25, -0.2) is 4.98 Å². The van der Waals surface area contributed by atoms with Crippen LogP contribution in [0.4, 0.5) is 5.82 Å². The second-order valence-electron chi connectivity index (χ2n) is 4.98. The molecule has 0 atom stereocenters. The van der Waals surface area contributed by atoms with Crippen molar-refractivity contribution in [2.45, 2.75) is 39.2 Å². The van der Waals surface area contributed by atoms with Gasteiger partial charge in [-0.15, -0.1) is 0 Å². The predicted molar refractivity (Wildman–Crippen MR) is 72.3 cm³/mol. The van der Waals surface area contributed by atoms with Crippen molar-refractivity contribution in [2.24, 2.45) is 0 Å². The van der Waals surface area contributed by atoms with Gasteiger partial charge in [-0.2, -0.15) is 0 Å². The fourth-order valence-electron chi connectivity index (χ4n) is 2.44. The van der Waals surface area contributed by atoms with Gasteiger partial charge in [-0.1, -0.05) is 6.92 Å². The summed E-state index contributed by atoms with van der Waals surface area (Å²) >= 11 is 0. The molecule has 3 nitrogen and oxygen atoms in total. The molecule has 17 heavy (non-hydrogen) atoms. The number of hydrogen-bond donors (Lipinski definition) is 1. The average molecular weight is 233 g/mol. The summed E-state index contributed by atoms with van der Waals surface area (Å²) in [5.74, 6) is 1.03. The van der Waals surface area contributed by atoms with Crippen LogP contribution >= 0.6 is 0 Å². The van der Waals surface area contributed by atoms with E-state index in [1.54, 1.807) is 0 Å². The summed E-state index contributed by atoms with van der Waals surface area (Å²) < 4.78 is 0. The number of nitrogens with one attached hydrogen (secondary N) is 1. The zero-order valence-electron chi connectivity index (χ0n) is 10.9. The third kappa shape index (κ3) is 3.70. The minimum atomic E-state index is 0.595. The summed E-state index contributed by atoms with van der Waals surface area (Å²) in [5.41, 5.74) is 1.27. The lowest BCUT2D eigenvalue weighted by molar-refractivity contribution is 0.219. The maximum absolute atomic E-state index is 4.36. The van der Waals surface area contributed by atoms with Crippen LogP contribution < -0.4 is 5.32 Å². The SMILES string of the molecule is CCCN1CCC(Nc2cc(C)ccn2)CC1. The normalized spacial score (nSPS) is 18.2. The number of nitrogens with zero attached hydrogens (tertiary/aromatic N) is 2. The molecule has 0 aromatic carbocycles. The molecule has 0 unspecified atom stereocenters. The molecule has 1 aliphatic heterocycles. The van der Waals surface area contributed by atoms with E-state index in [1.807, 2.05) is 12.3 Å². The molecule has 1 aromatic heterocycles. The van der Waals surface area contributed by atoms with Gasteiger partial charge in [-0.3, -0.25) is 0 Å². The van der Waals surface area contributed by atoms with Crippen LogP contribution in [0.3, 0.4) is 0 Å². The van der Waals surface area contributed by atoms with Crippen LogP contribution in [0.1, 0.15) is 31.7 Å². The van der Waals surface area contributed by atoms with Crippen molar-refractivity contribution in [1.29, 1.82) is 0 Å². The Kier molecular flexibility index (Phi) is 4.37. The molecule has 1 saturated heterocycles. The van der Waals surface area contributed by atoms with Gasteiger partial charge in [0.25, 0.3) is 0 Å². The molecule has 0 spiro atoms. The van der Waals surface area contributed by atoms with Crippen molar-refractivity contribution < 1.29 is 0 Å². The van der Waals surface area contributed by atoms with Crippen molar-refractivity contribution in [1.82, 2.24) is 9.88 Å². The Balaban J connectivity index is 1.82. The lowest BCUT2D eigenvalue weighted by Crippen LogP contribution is -2.39. The molecule has 1 N–H and O–H groups in total. The fourth-order valence-corrected chi connectivity index (χ4v) is 2.44. The number of piperidine rings is 1. The Labute approximate surface area is 104 Å². The highest BCUT2D eigenvalue weighted by Gasteiger charge is 2.18. The number of aryl methyl sites for hydroxylation is 1. The van der Waals surface area contributed by atoms with Crippen LogP contribution in [-0.2, 0) is 0 Å². The van der Waals surface area contributed by atoms with Crippen molar-refractivity contribution in [3.8, 4) is 0 Å². The molecular weight excluding hydrogens is 210 g/mol. The minimum absolute atomic E-state index is 0.595. The number of aromatic nitrogens is 1. The van der Waals surface area contributed by atoms with Crippen LogP contribution in [0, 0.1) is 6.92 Å². The molecule has 2 rings (SSSR count). The molecule has 0 amide bonds. The van der Waals surface area contributed by atoms with E-state index in [2.05, 4.69) is 35.1 Å². The fraction of sp³-hybridized carbons (Fsp3) is 0.643. The van der Waals surface area contributed by atoms with Crippen molar-refractivity contribution in [2.75, 3.05) is 25.0 Å². The summed E-state index contributed by atoms with van der Waals surface area (Å²) in [5, 5.41) is 3.55. The molecule has 1 aliphatic rings. The number of likely N-dealkylation sites (tertiary alicyclic amines) is 1. The van der Waals surface area contributed by atoms with Gasteiger partial charge >= 0.3 is 0 Å². The Morgan fingerprint density at radius 1 is 1.41 bits per heavy atom. The van der Waals surface area contributed by atoms with Gasteiger partial charge in [0.05, 0.1) is 0 Å². The Morgan fingerprint density at radius 2 is 2.18 bits per heavy atom. The molecule has 94 valence electrons. The third-order valence-corrected chi connectivity index (χ3v) is 3.39. The molecular formula is C14H23N3. The standard InChI is InChI=1S/C14H23N3/c1-3-8-17-9-5-13(6-10-17)16-14-11-12(2)4-7-15-14/h4,7,11,13H,3,5-6,8-10H2,1-2H3,(H,15,16). The summed E-state index contributed by atoms with van der Waals surface area (Å²) in [7, 11) is 0. The minimum Gasteiger partial charge on any atom is -0.367 e. The van der Waals surface area contributed by atoms with Crippen molar-refractivity contribution in [3.63, 3.8) is 0 Å². The molecule has 0 radical (unpaired) electrons. The lowest BCUT2D eigenvalue weighted by Gasteiger charge is -2.32. The molecule has 0 bridgehead atoms. The van der Waals surface area contributed by atoms with E-state index in [9.17, 15) is 0 Å². The molecule has 1 aromatic rings. The first-order chi connectivity index (χ1) is 8.28. The van der Waals surface area contributed by atoms with Crippen molar-refractivity contribution >= 4 is 5.82 Å². The van der Waals surface area contributed by atoms with E-state index in [0.29, 0.717) is 6.04 Å². The lowest BCUT2D eigenvalue weighted by atomic mass is 10.0. The molecule has 0 saturated carbocycles. The highest BCUT2D eigenvalue weighted by Crippen LogP contribution is 2.15. The molecule has 2 heterocycles. The van der Waals surface area contributed by atoms with E-state index < -0.39 is 0 Å². The number of hydrogen-bond acceptors (Lipinski definition) is 3. The number of rotatable bonds is 4. The summed E-state index contributed by atoms with van der Waals surface area (Å²) in [4.78, 5) is 6.92. The quantitative estimate of drug-likeness (QED) is 0.866. The Morgan fingerprint density at radius 3 is 2.82 bits per heavy atom. The number of pyridine rings is 1. The van der Waals surface area contributed by atoms with E-state index in [4.69, 9.17) is 0 Å². The molecule has 0 aliphatic carbocycles. The maximum Gasteiger partial charge on any atom is 0.126 e. The van der Waals surface area contributed by atoms with Crippen molar-refractivity contribution in [3.05, 3.63) is 23.9 Å². The number of anilines is 1. The van der Waals surface area contributed by atoms with E-state index in [1.165, 1.54) is 44.5 Å². The Hall–Kier alpha value is -1.09. The smallest absolute Gasteiger partial charge is 0.126 e. The first-order valence-electron chi connectivity index (χ1n) is 6.69. The maximum atomic E-state index is 4.36. The summed E-state index contributed by atoms with van der Waals surface area (Å²) in [6.45, 7) is 8.04. The highest BCUT2D eigenvalue weighted by molar-refractivity contribution is 5.38. The summed E-state index contributed by atoms with van der Waals surface area (Å²) in [6, 6.07) is 4.75. The largest absolute Gasteiger partial charge is 0.367 e. The van der Waals surface area contributed by atoms with Crippen LogP contribution in [0.15, 0.2) is 18.3 Å². The second kappa shape index (κ2) is 6.01. The van der Waals surface area contributed by atoms with E-state index in [-0.39, 0.29) is 0 Å². The van der Waals surface area contributed by atoms with E-state index in [0.717, 1.165) is 5.82 Å². The zero-order valence-corrected chi connectivity index (χ0v) is 10.9. The van der Waals surface area contributed by atoms with Gasteiger partial charge in [0.15, 0.2) is 0 Å². The monoisotopic (exact) mass is 233 g/mol. The Bertz CT molecular complexity index is 343. The van der Waals surface area contributed by atoms with Gasteiger partial charge in [0.1, 0.15) is 5.82 Å². The van der Waals surface area contributed by atoms with Gasteiger partial charge in [-0.05, 0) is 50.4 Å². The molecule has 1 fully saturated rings. The molecule has 3 heteroatoms. The highest BCUT2D eigenvalue weighted by atomic mass is 15.1. The average Bonchev–Trinajstić information content (AvgIpc) is 2.32. The first-order valence-corrected chi connectivity index (χ1v) is 6.69. The topological polar surface area (TPSA) is 28.2 Å². The van der Waals surface area contributed by atoms with Crippen LogP contribution in [-0.4, -0.2) is 35.6 Å². The second-order valence-corrected chi connectivity index (χ2v) is 4.98. The van der Waals surface area contributed by atoms with Gasteiger partial charge in [0, 0.05) is 25.3 Å². The predicted octanol–water partition coefficient (Wildman–Crippen LogP) is 2.68. The van der Waals surface area contributed by atoms with E-state index >= 15 is 0 Å². The van der Waals surface area contributed by atoms with Crippen LogP contribution in [0.5, 0.6) is 0 Å². The van der Waals surface area contributed by atoms with Crippen LogP contribution in [0.25, 0.3) is 0 Å². The zero-order chi connectivity index (χ0) is 12.1. The first kappa shape index (κ1) is 12.4. The third-order valence-electron chi connectivity index (χ3n) is 3.39. The summed E-state index contributed by atoms with van der Waals surface area (Å²) in [6.07, 6.45) is 5.60. The van der Waals surface area contributed by atoms with Crippen LogP contribution in [0.2, 0.25) is 0 Å². The van der Waals surface area contributed by atoms with Gasteiger partial charge in [0.2, 0.25) is 0 Å².